The molecule has 1 heterocycles. The Morgan fingerprint density at radius 3 is 2.75 bits per heavy atom. The van der Waals surface area contributed by atoms with Crippen molar-refractivity contribution in [2.75, 3.05) is 5.32 Å². The van der Waals surface area contributed by atoms with Crippen LogP contribution < -0.4 is 5.32 Å². The van der Waals surface area contributed by atoms with E-state index in [0.29, 0.717) is 6.41 Å². The van der Waals surface area contributed by atoms with Gasteiger partial charge in [0.2, 0.25) is 6.41 Å². The van der Waals surface area contributed by atoms with Crippen molar-refractivity contribution in [2.45, 2.75) is 0 Å². The van der Waals surface area contributed by atoms with Gasteiger partial charge in [0.25, 0.3) is 0 Å². The highest BCUT2D eigenvalue weighted by Gasteiger charge is 1.81. The summed E-state index contributed by atoms with van der Waals surface area (Å²) in [7, 11) is 0. The van der Waals surface area contributed by atoms with Gasteiger partial charge in [-0.2, -0.15) is 0 Å². The molecule has 1 aromatic rings. The van der Waals surface area contributed by atoms with Crippen molar-refractivity contribution in [3.63, 3.8) is 0 Å². The molecule has 1 rings (SSSR count). The van der Waals surface area contributed by atoms with E-state index in [4.69, 9.17) is 0 Å². The van der Waals surface area contributed by atoms with Gasteiger partial charge in [-0.3, -0.25) is 4.79 Å². The van der Waals surface area contributed by atoms with Crippen LogP contribution >= 0.6 is 11.3 Å². The second-order valence-corrected chi connectivity index (χ2v) is 2.96. The number of amides is 1. The topological polar surface area (TPSA) is 29.1 Å². The Labute approximate surface area is 75.2 Å². The molecule has 0 spiro atoms. The Kier molecular flexibility index (Phi) is 3.88. The van der Waals surface area contributed by atoms with Gasteiger partial charge in [0.15, 0.2) is 0 Å². The highest BCUT2D eigenvalue weighted by molar-refractivity contribution is 7.13. The third-order valence-electron chi connectivity index (χ3n) is 1.17. The second kappa shape index (κ2) is 5.32. The van der Waals surface area contributed by atoms with Gasteiger partial charge in [-0.25, -0.2) is 0 Å². The molecule has 0 aliphatic heterocycles. The molecular formula is C9H9NOS. The SMILES string of the molecule is O=CNc1cccccccs1. The Morgan fingerprint density at radius 2 is 1.92 bits per heavy atom. The monoisotopic (exact) mass is 179 g/mol. The van der Waals surface area contributed by atoms with E-state index in [-0.39, 0.29) is 0 Å². The van der Waals surface area contributed by atoms with Crippen LogP contribution in [0.15, 0.2) is 41.8 Å². The fourth-order valence-electron chi connectivity index (χ4n) is 0.673. The third-order valence-corrected chi connectivity index (χ3v) is 1.97. The molecule has 0 atom stereocenters. The fourth-order valence-corrected chi connectivity index (χ4v) is 1.26. The zero-order valence-electron chi connectivity index (χ0n) is 6.44. The molecule has 62 valence electrons. The van der Waals surface area contributed by atoms with Crippen molar-refractivity contribution in [1.82, 2.24) is 0 Å². The first-order valence-corrected chi connectivity index (χ1v) is 4.38. The molecule has 0 saturated carbocycles. The number of hydrogen-bond donors (Lipinski definition) is 1. The molecule has 3 heteroatoms. The lowest BCUT2D eigenvalue weighted by atomic mass is 10.5. The van der Waals surface area contributed by atoms with Crippen LogP contribution in [0.5, 0.6) is 0 Å². The molecule has 0 bridgehead atoms. The number of anilines is 1. The summed E-state index contributed by atoms with van der Waals surface area (Å²) in [4.78, 5) is 10.1. The maximum Gasteiger partial charge on any atom is 0.212 e. The standard InChI is InChI=1S/C9H9NOS/c11-8-10-9-6-4-2-1-3-5-7-12-9/h1-8H,(H,10,11). The molecule has 12 heavy (non-hydrogen) atoms. The molecule has 0 aromatic carbocycles. The lowest BCUT2D eigenvalue weighted by molar-refractivity contribution is -0.105. The Morgan fingerprint density at radius 1 is 1.17 bits per heavy atom. The predicted octanol–water partition coefficient (Wildman–Crippen LogP) is 2.44. The van der Waals surface area contributed by atoms with Crippen LogP contribution in [0.3, 0.4) is 0 Å². The van der Waals surface area contributed by atoms with Crippen LogP contribution in [0.4, 0.5) is 5.00 Å². The highest BCUT2D eigenvalue weighted by Crippen LogP contribution is 2.08. The van der Waals surface area contributed by atoms with Crippen molar-refractivity contribution >= 4 is 22.7 Å². The van der Waals surface area contributed by atoms with E-state index in [1.807, 2.05) is 41.8 Å². The van der Waals surface area contributed by atoms with Crippen LogP contribution in [0.25, 0.3) is 0 Å². The summed E-state index contributed by atoms with van der Waals surface area (Å²) in [5.41, 5.74) is 0. The van der Waals surface area contributed by atoms with Crippen molar-refractivity contribution < 1.29 is 4.79 Å². The van der Waals surface area contributed by atoms with E-state index in [1.165, 1.54) is 11.3 Å². The Balaban J connectivity index is 3.01. The minimum absolute atomic E-state index is 0.672. The molecule has 0 saturated heterocycles. The number of carbonyl (C=O) groups is 1. The molecule has 1 N–H and O–H groups in total. The zero-order valence-corrected chi connectivity index (χ0v) is 7.25. The van der Waals surface area contributed by atoms with E-state index < -0.39 is 0 Å². The van der Waals surface area contributed by atoms with Crippen molar-refractivity contribution in [3.8, 4) is 0 Å². The van der Waals surface area contributed by atoms with Crippen molar-refractivity contribution in [2.24, 2.45) is 0 Å². The van der Waals surface area contributed by atoms with E-state index in [1.54, 1.807) is 0 Å². The zero-order chi connectivity index (χ0) is 8.65. The normalized spacial score (nSPS) is 8.33. The van der Waals surface area contributed by atoms with Gasteiger partial charge in [-0.05, 0) is 11.4 Å². The van der Waals surface area contributed by atoms with Gasteiger partial charge >= 0.3 is 0 Å². The molecule has 0 radical (unpaired) electrons. The fraction of sp³-hybridized carbons (Fsp3) is 0. The average molecular weight is 179 g/mol. The third kappa shape index (κ3) is 3.16. The lowest BCUT2D eigenvalue weighted by Crippen LogP contribution is -1.89. The van der Waals surface area contributed by atoms with E-state index in [2.05, 4.69) is 5.32 Å². The molecule has 0 aliphatic carbocycles. The molecule has 0 aliphatic rings. The van der Waals surface area contributed by atoms with E-state index in [9.17, 15) is 4.79 Å². The van der Waals surface area contributed by atoms with Crippen LogP contribution in [0.1, 0.15) is 0 Å². The first kappa shape index (κ1) is 8.74. The summed E-state index contributed by atoms with van der Waals surface area (Å²) < 4.78 is 0. The maximum absolute atomic E-state index is 10.1. The van der Waals surface area contributed by atoms with E-state index >= 15 is 0 Å². The lowest BCUT2D eigenvalue weighted by Gasteiger charge is -1.89. The molecule has 1 amide bonds. The number of nitrogens with one attached hydrogen (secondary N) is 1. The smallest absolute Gasteiger partial charge is 0.212 e. The average Bonchev–Trinajstić information content (AvgIpc) is 2.19. The minimum Gasteiger partial charge on any atom is -0.320 e. The number of hydrogen-bond acceptors (Lipinski definition) is 2. The van der Waals surface area contributed by atoms with Crippen LogP contribution in [0, 0.1) is 0 Å². The van der Waals surface area contributed by atoms with Gasteiger partial charge in [0, 0.05) is 0 Å². The van der Waals surface area contributed by atoms with Crippen molar-refractivity contribution in [1.29, 1.82) is 0 Å². The minimum atomic E-state index is 0.672. The van der Waals surface area contributed by atoms with Crippen LogP contribution in [-0.4, -0.2) is 6.41 Å². The Hall–Kier alpha value is -1.35. The Bertz CT molecular complexity index is 270. The molecule has 2 nitrogen and oxygen atoms in total. The van der Waals surface area contributed by atoms with Gasteiger partial charge in [0.05, 0.1) is 5.00 Å². The summed E-state index contributed by atoms with van der Waals surface area (Å²) in [5, 5.41) is 5.32. The van der Waals surface area contributed by atoms with Crippen LogP contribution in [0.2, 0.25) is 0 Å². The van der Waals surface area contributed by atoms with Gasteiger partial charge < -0.3 is 5.32 Å². The second-order valence-electron chi connectivity index (χ2n) is 2.01. The first-order chi connectivity index (χ1) is 5.93. The van der Waals surface area contributed by atoms with Crippen LogP contribution in [-0.2, 0) is 4.79 Å². The molecule has 0 unspecified atom stereocenters. The molecule has 0 fully saturated rings. The van der Waals surface area contributed by atoms with Gasteiger partial charge in [-0.1, -0.05) is 30.3 Å². The molecular weight excluding hydrogens is 170 g/mol. The molecule has 1 aromatic heterocycles. The summed E-state index contributed by atoms with van der Waals surface area (Å²) in [6.07, 6.45) is 0.672. The first-order valence-electron chi connectivity index (χ1n) is 3.50. The van der Waals surface area contributed by atoms with E-state index in [0.717, 1.165) is 5.00 Å². The summed E-state index contributed by atoms with van der Waals surface area (Å²) in [5.74, 6) is 0. The van der Waals surface area contributed by atoms with Crippen molar-refractivity contribution in [3.05, 3.63) is 41.8 Å². The highest BCUT2D eigenvalue weighted by atomic mass is 32.1. The summed E-state index contributed by atoms with van der Waals surface area (Å²) in [6, 6.07) is 11.4. The largest absolute Gasteiger partial charge is 0.320 e. The quantitative estimate of drug-likeness (QED) is 0.694. The number of carbonyl (C=O) groups excluding carboxylic acids is 1. The van der Waals surface area contributed by atoms with Gasteiger partial charge in [0.1, 0.15) is 0 Å². The summed E-state index contributed by atoms with van der Waals surface area (Å²) >= 11 is 1.47. The maximum atomic E-state index is 10.1. The number of rotatable bonds is 2. The summed E-state index contributed by atoms with van der Waals surface area (Å²) in [6.45, 7) is 0. The van der Waals surface area contributed by atoms with Gasteiger partial charge in [-0.15, -0.1) is 11.3 Å². The predicted molar refractivity (Wildman–Crippen MR) is 51.6 cm³/mol.